The number of nitrogens with one attached hydrogen (secondary N) is 1. The number of ether oxygens (including phenoxy) is 3. The zero-order valence-electron chi connectivity index (χ0n) is 18.1. The number of nitro groups is 1. The number of nitro benzene ring substituents is 1. The van der Waals surface area contributed by atoms with Crippen molar-refractivity contribution in [3.63, 3.8) is 0 Å². The number of aryl methyl sites for hydroxylation is 1. The van der Waals surface area contributed by atoms with Gasteiger partial charge < -0.3 is 19.5 Å². The second kappa shape index (κ2) is 9.86. The molecule has 0 fully saturated rings. The van der Waals surface area contributed by atoms with E-state index in [-0.39, 0.29) is 23.8 Å². The standard InChI is InChI=1S/C25H20N2O7/c1-16-7-10-19(11-8-16)26-25(29)24(17-5-3-2-4-6-17)34-23(28)12-9-18-13-21-22(33-15-32-21)14-20(18)27(30)31/h2-14,24H,15H2,1H3,(H,26,29)/b12-9+. The zero-order valence-corrected chi connectivity index (χ0v) is 18.1. The summed E-state index contributed by atoms with van der Waals surface area (Å²) in [5.74, 6) is -0.799. The Morgan fingerprint density at radius 3 is 2.41 bits per heavy atom. The fourth-order valence-electron chi connectivity index (χ4n) is 3.30. The van der Waals surface area contributed by atoms with Gasteiger partial charge in [-0.15, -0.1) is 0 Å². The lowest BCUT2D eigenvalue weighted by Crippen LogP contribution is -2.25. The molecule has 4 rings (SSSR count). The summed E-state index contributed by atoms with van der Waals surface area (Å²) < 4.78 is 15.9. The highest BCUT2D eigenvalue weighted by Crippen LogP contribution is 2.38. The predicted octanol–water partition coefficient (Wildman–Crippen LogP) is 4.57. The van der Waals surface area contributed by atoms with E-state index in [1.165, 1.54) is 18.2 Å². The van der Waals surface area contributed by atoms with Crippen molar-refractivity contribution in [2.75, 3.05) is 12.1 Å². The van der Waals surface area contributed by atoms with Crippen molar-refractivity contribution in [3.8, 4) is 11.5 Å². The summed E-state index contributed by atoms with van der Waals surface area (Å²) in [7, 11) is 0. The number of anilines is 1. The fraction of sp³-hybridized carbons (Fsp3) is 0.120. The van der Waals surface area contributed by atoms with Gasteiger partial charge in [0.1, 0.15) is 0 Å². The molecule has 3 aromatic carbocycles. The summed E-state index contributed by atoms with van der Waals surface area (Å²) in [6, 6.07) is 18.4. The van der Waals surface area contributed by atoms with E-state index < -0.39 is 22.9 Å². The lowest BCUT2D eigenvalue weighted by molar-refractivity contribution is -0.385. The Morgan fingerprint density at radius 2 is 1.74 bits per heavy atom. The van der Waals surface area contributed by atoms with Crippen LogP contribution in [0.3, 0.4) is 0 Å². The number of hydrogen-bond donors (Lipinski definition) is 1. The van der Waals surface area contributed by atoms with E-state index in [0.717, 1.165) is 11.6 Å². The first-order valence-electron chi connectivity index (χ1n) is 10.3. The fourth-order valence-corrected chi connectivity index (χ4v) is 3.30. The summed E-state index contributed by atoms with van der Waals surface area (Å²) in [5, 5.41) is 14.2. The van der Waals surface area contributed by atoms with Crippen molar-refractivity contribution in [2.24, 2.45) is 0 Å². The molecule has 0 bridgehead atoms. The van der Waals surface area contributed by atoms with Gasteiger partial charge in [-0.3, -0.25) is 14.9 Å². The maximum atomic E-state index is 12.9. The number of rotatable bonds is 7. The third-order valence-electron chi connectivity index (χ3n) is 5.01. The lowest BCUT2D eigenvalue weighted by atomic mass is 10.1. The normalized spacial score (nSPS) is 12.9. The first kappa shape index (κ1) is 22.5. The average Bonchev–Trinajstić information content (AvgIpc) is 3.30. The first-order chi connectivity index (χ1) is 16.4. The molecule has 9 heteroatoms. The Labute approximate surface area is 194 Å². The van der Waals surface area contributed by atoms with Gasteiger partial charge in [-0.1, -0.05) is 48.0 Å². The van der Waals surface area contributed by atoms with Crippen LogP contribution in [0.2, 0.25) is 0 Å². The van der Waals surface area contributed by atoms with Gasteiger partial charge in [0.2, 0.25) is 12.9 Å². The molecular weight excluding hydrogens is 440 g/mol. The van der Waals surface area contributed by atoms with Crippen molar-refractivity contribution >= 4 is 29.3 Å². The van der Waals surface area contributed by atoms with Crippen LogP contribution < -0.4 is 14.8 Å². The SMILES string of the molecule is Cc1ccc(NC(=O)C(OC(=O)/C=C/c2cc3c(cc2[N+](=O)[O-])OCO3)c2ccccc2)cc1. The molecule has 34 heavy (non-hydrogen) atoms. The lowest BCUT2D eigenvalue weighted by Gasteiger charge is -2.17. The van der Waals surface area contributed by atoms with Gasteiger partial charge in [0.05, 0.1) is 16.6 Å². The predicted molar refractivity (Wildman–Crippen MR) is 123 cm³/mol. The Bertz CT molecular complexity index is 1250. The Balaban J connectivity index is 1.54. The minimum absolute atomic E-state index is 0.0451. The van der Waals surface area contributed by atoms with Crippen molar-refractivity contribution < 1.29 is 28.7 Å². The number of carbonyl (C=O) groups excluding carboxylic acids is 2. The molecule has 0 saturated carbocycles. The molecule has 0 aromatic heterocycles. The third-order valence-corrected chi connectivity index (χ3v) is 5.01. The molecule has 9 nitrogen and oxygen atoms in total. The van der Waals surface area contributed by atoms with E-state index in [0.29, 0.717) is 17.0 Å². The van der Waals surface area contributed by atoms with E-state index in [2.05, 4.69) is 5.32 Å². The highest BCUT2D eigenvalue weighted by molar-refractivity contribution is 5.97. The number of nitrogens with zero attached hydrogens (tertiary/aromatic N) is 1. The molecule has 0 spiro atoms. The van der Waals surface area contributed by atoms with Gasteiger partial charge in [-0.25, -0.2) is 4.79 Å². The highest BCUT2D eigenvalue weighted by atomic mass is 16.7. The molecule has 1 unspecified atom stereocenters. The van der Waals surface area contributed by atoms with Crippen LogP contribution in [0.25, 0.3) is 6.08 Å². The minimum atomic E-state index is -1.23. The molecule has 3 aromatic rings. The quantitative estimate of drug-likeness (QED) is 0.238. The number of fused-ring (bicyclic) bond motifs is 1. The van der Waals surface area contributed by atoms with Crippen LogP contribution in [0.15, 0.2) is 72.8 Å². The van der Waals surface area contributed by atoms with E-state index in [1.807, 2.05) is 19.1 Å². The summed E-state index contributed by atoms with van der Waals surface area (Å²) in [4.78, 5) is 36.4. The second-order valence-corrected chi connectivity index (χ2v) is 7.44. The molecule has 1 amide bonds. The maximum Gasteiger partial charge on any atom is 0.331 e. The van der Waals surface area contributed by atoms with Gasteiger partial charge >= 0.3 is 5.97 Å². The van der Waals surface area contributed by atoms with Crippen LogP contribution >= 0.6 is 0 Å². The molecule has 1 N–H and O–H groups in total. The highest BCUT2D eigenvalue weighted by Gasteiger charge is 2.25. The van der Waals surface area contributed by atoms with Gasteiger partial charge in [0.25, 0.3) is 11.6 Å². The summed E-state index contributed by atoms with van der Waals surface area (Å²) in [6.07, 6.45) is 1.04. The maximum absolute atomic E-state index is 12.9. The smallest absolute Gasteiger partial charge is 0.331 e. The minimum Gasteiger partial charge on any atom is -0.454 e. The third kappa shape index (κ3) is 5.21. The van der Waals surface area contributed by atoms with Crippen molar-refractivity contribution in [2.45, 2.75) is 13.0 Å². The number of esters is 1. The van der Waals surface area contributed by atoms with Crippen LogP contribution in [-0.4, -0.2) is 23.6 Å². The molecule has 0 saturated heterocycles. The molecule has 0 aliphatic carbocycles. The topological polar surface area (TPSA) is 117 Å². The van der Waals surface area contributed by atoms with Gasteiger partial charge in [0, 0.05) is 17.3 Å². The molecule has 1 heterocycles. The largest absolute Gasteiger partial charge is 0.454 e. The number of amides is 1. The molecule has 1 aliphatic heterocycles. The van der Waals surface area contributed by atoms with Crippen molar-refractivity contribution in [3.05, 3.63) is 99.6 Å². The van der Waals surface area contributed by atoms with E-state index in [1.54, 1.807) is 42.5 Å². The second-order valence-electron chi connectivity index (χ2n) is 7.44. The van der Waals surface area contributed by atoms with E-state index in [9.17, 15) is 19.7 Å². The molecule has 1 atom stereocenters. The van der Waals surface area contributed by atoms with Crippen LogP contribution in [0.4, 0.5) is 11.4 Å². The monoisotopic (exact) mass is 460 g/mol. The molecule has 1 aliphatic rings. The van der Waals surface area contributed by atoms with Crippen molar-refractivity contribution in [1.82, 2.24) is 0 Å². The molecular formula is C25H20N2O7. The summed E-state index contributed by atoms with van der Waals surface area (Å²) in [5.41, 5.74) is 1.94. The van der Waals surface area contributed by atoms with Gasteiger partial charge in [-0.05, 0) is 31.2 Å². The Morgan fingerprint density at radius 1 is 1.06 bits per heavy atom. The van der Waals surface area contributed by atoms with Crippen LogP contribution in [0.1, 0.15) is 22.8 Å². The van der Waals surface area contributed by atoms with Crippen LogP contribution in [0, 0.1) is 17.0 Å². The summed E-state index contributed by atoms with van der Waals surface area (Å²) >= 11 is 0. The summed E-state index contributed by atoms with van der Waals surface area (Å²) in [6.45, 7) is 1.88. The number of benzene rings is 3. The van der Waals surface area contributed by atoms with Gasteiger partial charge in [-0.2, -0.15) is 0 Å². The average molecular weight is 460 g/mol. The van der Waals surface area contributed by atoms with Gasteiger partial charge in [0.15, 0.2) is 11.5 Å². The van der Waals surface area contributed by atoms with E-state index in [4.69, 9.17) is 14.2 Å². The first-order valence-corrected chi connectivity index (χ1v) is 10.3. The van der Waals surface area contributed by atoms with Crippen LogP contribution in [-0.2, 0) is 14.3 Å². The van der Waals surface area contributed by atoms with E-state index >= 15 is 0 Å². The molecule has 0 radical (unpaired) electrons. The zero-order chi connectivity index (χ0) is 24.1. The Hall–Kier alpha value is -4.66. The molecule has 172 valence electrons. The Kier molecular flexibility index (Phi) is 6.54. The van der Waals surface area contributed by atoms with Crippen LogP contribution in [0.5, 0.6) is 11.5 Å². The van der Waals surface area contributed by atoms with Crippen molar-refractivity contribution in [1.29, 1.82) is 0 Å². The number of carbonyl (C=O) groups is 2. The number of hydrogen-bond acceptors (Lipinski definition) is 7.